The maximum absolute atomic E-state index is 12.5. The fraction of sp³-hybridized carbons (Fsp3) is 0.263. The van der Waals surface area contributed by atoms with Crippen molar-refractivity contribution in [3.8, 4) is 11.5 Å². The molecule has 1 aromatic heterocycles. The molecule has 0 atom stereocenters. The maximum Gasteiger partial charge on any atom is 0.352 e. The van der Waals surface area contributed by atoms with Crippen molar-refractivity contribution >= 4 is 17.8 Å². The minimum absolute atomic E-state index is 0.0326. The lowest BCUT2D eigenvalue weighted by atomic mass is 10.0. The number of nitrogens with one attached hydrogen (secondary N) is 1. The Morgan fingerprint density at radius 3 is 2.56 bits per heavy atom. The van der Waals surface area contributed by atoms with Crippen molar-refractivity contribution in [1.29, 1.82) is 0 Å². The number of ether oxygens (including phenoxy) is 2. The molecule has 6 heteroatoms. The third-order valence-electron chi connectivity index (χ3n) is 3.83. The molecule has 1 heterocycles. The molecule has 0 spiro atoms. The number of aryl methyl sites for hydroxylation is 1. The summed E-state index contributed by atoms with van der Waals surface area (Å²) in [5.41, 5.74) is 2.05. The molecule has 0 radical (unpaired) electrons. The number of aromatic carboxylic acids is 1. The number of rotatable bonds is 7. The van der Waals surface area contributed by atoms with Crippen molar-refractivity contribution in [2.45, 2.75) is 20.8 Å². The van der Waals surface area contributed by atoms with Crippen LogP contribution in [0.4, 0.5) is 0 Å². The zero-order chi connectivity index (χ0) is 18.6. The maximum atomic E-state index is 12.5. The smallest absolute Gasteiger partial charge is 0.352 e. The minimum atomic E-state index is -1.09. The van der Waals surface area contributed by atoms with E-state index in [4.69, 9.17) is 14.6 Å². The van der Waals surface area contributed by atoms with Crippen LogP contribution in [0, 0.1) is 13.8 Å². The molecule has 2 N–H and O–H groups in total. The average molecular weight is 343 g/mol. The molecule has 0 saturated carbocycles. The fourth-order valence-corrected chi connectivity index (χ4v) is 2.73. The molecule has 132 valence electrons. The molecule has 0 saturated heterocycles. The average Bonchev–Trinajstić information content (AvgIpc) is 2.88. The summed E-state index contributed by atoms with van der Waals surface area (Å²) in [5.74, 6) is -0.221. The molecule has 0 aliphatic heterocycles. The van der Waals surface area contributed by atoms with Gasteiger partial charge < -0.3 is 19.6 Å². The van der Waals surface area contributed by atoms with Gasteiger partial charge in [-0.25, -0.2) is 4.79 Å². The Morgan fingerprint density at radius 2 is 2.00 bits per heavy atom. The highest BCUT2D eigenvalue weighted by Gasteiger charge is 2.20. The molecule has 2 rings (SSSR count). The van der Waals surface area contributed by atoms with Crippen LogP contribution in [0.3, 0.4) is 0 Å². The van der Waals surface area contributed by atoms with E-state index in [0.717, 1.165) is 0 Å². The zero-order valence-electron chi connectivity index (χ0n) is 14.7. The number of ketones is 1. The largest absolute Gasteiger partial charge is 0.492 e. The van der Waals surface area contributed by atoms with Gasteiger partial charge in [0, 0.05) is 16.8 Å². The first-order valence-electron chi connectivity index (χ1n) is 7.85. The standard InChI is InChI=1S/C19H21NO5/c1-5-25-15-8-6-7-13(18(15)24-4)9-10-14(21)16-11(2)17(19(22)23)20-12(16)3/h6-10,20H,5H2,1-4H3,(H,22,23)/b10-9+. The molecule has 0 aliphatic rings. The number of hydrogen-bond donors (Lipinski definition) is 2. The van der Waals surface area contributed by atoms with Gasteiger partial charge in [-0.15, -0.1) is 0 Å². The summed E-state index contributed by atoms with van der Waals surface area (Å²) in [6.07, 6.45) is 3.04. The molecular formula is C19H21NO5. The summed E-state index contributed by atoms with van der Waals surface area (Å²) in [4.78, 5) is 26.5. The first-order chi connectivity index (χ1) is 11.9. The number of methoxy groups -OCH3 is 1. The Labute approximate surface area is 146 Å². The van der Waals surface area contributed by atoms with E-state index in [1.807, 2.05) is 19.1 Å². The van der Waals surface area contributed by atoms with Crippen LogP contribution < -0.4 is 9.47 Å². The molecule has 0 unspecified atom stereocenters. The van der Waals surface area contributed by atoms with E-state index < -0.39 is 5.97 Å². The van der Waals surface area contributed by atoms with Gasteiger partial charge in [0.15, 0.2) is 17.3 Å². The van der Waals surface area contributed by atoms with E-state index in [0.29, 0.717) is 40.5 Å². The van der Waals surface area contributed by atoms with E-state index in [2.05, 4.69) is 4.98 Å². The second-order valence-corrected chi connectivity index (χ2v) is 5.44. The summed E-state index contributed by atoms with van der Waals surface area (Å²) >= 11 is 0. The number of H-pyrrole nitrogens is 1. The van der Waals surface area contributed by atoms with Gasteiger partial charge in [-0.3, -0.25) is 4.79 Å². The zero-order valence-corrected chi connectivity index (χ0v) is 14.7. The summed E-state index contributed by atoms with van der Waals surface area (Å²) in [6, 6.07) is 5.42. The number of hydrogen-bond acceptors (Lipinski definition) is 4. The minimum Gasteiger partial charge on any atom is -0.492 e. The lowest BCUT2D eigenvalue weighted by molar-refractivity contribution is 0.0690. The van der Waals surface area contributed by atoms with Crippen LogP contribution in [0.5, 0.6) is 11.5 Å². The Bertz CT molecular complexity index is 833. The number of carboxylic acids is 1. The SMILES string of the molecule is CCOc1cccc(/C=C/C(=O)c2c(C)[nH]c(C(=O)O)c2C)c1OC. The van der Waals surface area contributed by atoms with Crippen LogP contribution in [0.25, 0.3) is 6.08 Å². The fourth-order valence-electron chi connectivity index (χ4n) is 2.73. The van der Waals surface area contributed by atoms with E-state index in [1.54, 1.807) is 26.0 Å². The second kappa shape index (κ2) is 7.70. The van der Waals surface area contributed by atoms with Crippen molar-refractivity contribution in [3.63, 3.8) is 0 Å². The highest BCUT2D eigenvalue weighted by atomic mass is 16.5. The third-order valence-corrected chi connectivity index (χ3v) is 3.83. The van der Waals surface area contributed by atoms with Gasteiger partial charge >= 0.3 is 5.97 Å². The first-order valence-corrected chi connectivity index (χ1v) is 7.85. The lowest BCUT2D eigenvalue weighted by Crippen LogP contribution is -2.01. The van der Waals surface area contributed by atoms with E-state index in [1.165, 1.54) is 13.2 Å². The normalized spacial score (nSPS) is 10.9. The Morgan fingerprint density at radius 1 is 1.28 bits per heavy atom. The van der Waals surface area contributed by atoms with Crippen LogP contribution in [-0.2, 0) is 0 Å². The molecular weight excluding hydrogens is 322 g/mol. The monoisotopic (exact) mass is 343 g/mol. The predicted octanol–water partition coefficient (Wildman–Crippen LogP) is 3.63. The third kappa shape index (κ3) is 3.74. The molecule has 0 fully saturated rings. The number of para-hydroxylation sites is 1. The van der Waals surface area contributed by atoms with Gasteiger partial charge in [0.2, 0.25) is 0 Å². The van der Waals surface area contributed by atoms with Gasteiger partial charge in [0.1, 0.15) is 5.69 Å². The van der Waals surface area contributed by atoms with Crippen molar-refractivity contribution in [3.05, 3.63) is 52.4 Å². The topological polar surface area (TPSA) is 88.6 Å². The highest BCUT2D eigenvalue weighted by Crippen LogP contribution is 2.32. The van der Waals surface area contributed by atoms with Crippen molar-refractivity contribution in [2.24, 2.45) is 0 Å². The van der Waals surface area contributed by atoms with Crippen molar-refractivity contribution in [2.75, 3.05) is 13.7 Å². The van der Waals surface area contributed by atoms with Crippen LogP contribution >= 0.6 is 0 Å². The van der Waals surface area contributed by atoms with Crippen LogP contribution in [0.15, 0.2) is 24.3 Å². The van der Waals surface area contributed by atoms with Crippen LogP contribution in [0.1, 0.15) is 44.6 Å². The van der Waals surface area contributed by atoms with E-state index in [9.17, 15) is 9.59 Å². The number of aromatic nitrogens is 1. The first kappa shape index (κ1) is 18.3. The predicted molar refractivity (Wildman–Crippen MR) is 94.8 cm³/mol. The van der Waals surface area contributed by atoms with Gasteiger partial charge in [0.25, 0.3) is 0 Å². The molecule has 1 aromatic carbocycles. The van der Waals surface area contributed by atoms with Gasteiger partial charge in [-0.05, 0) is 44.6 Å². The quantitative estimate of drug-likeness (QED) is 0.592. The second-order valence-electron chi connectivity index (χ2n) is 5.44. The van der Waals surface area contributed by atoms with Gasteiger partial charge in [0.05, 0.1) is 13.7 Å². The number of carboxylic acid groups (broad SMARTS) is 1. The number of aromatic amines is 1. The van der Waals surface area contributed by atoms with Gasteiger partial charge in [-0.2, -0.15) is 0 Å². The van der Waals surface area contributed by atoms with Crippen molar-refractivity contribution < 1.29 is 24.2 Å². The van der Waals surface area contributed by atoms with Crippen LogP contribution in [-0.4, -0.2) is 35.6 Å². The number of benzene rings is 1. The Kier molecular flexibility index (Phi) is 5.64. The molecule has 25 heavy (non-hydrogen) atoms. The Balaban J connectivity index is 2.36. The number of carbonyl (C=O) groups excluding carboxylic acids is 1. The molecule has 0 amide bonds. The molecule has 0 bridgehead atoms. The molecule has 2 aromatic rings. The highest BCUT2D eigenvalue weighted by molar-refractivity contribution is 6.10. The Hall–Kier alpha value is -3.02. The molecule has 6 nitrogen and oxygen atoms in total. The van der Waals surface area contributed by atoms with E-state index >= 15 is 0 Å². The number of allylic oxidation sites excluding steroid dienone is 1. The summed E-state index contributed by atoms with van der Waals surface area (Å²) in [7, 11) is 1.54. The summed E-state index contributed by atoms with van der Waals surface area (Å²) < 4.78 is 10.9. The molecule has 0 aliphatic carbocycles. The lowest BCUT2D eigenvalue weighted by Gasteiger charge is -2.11. The van der Waals surface area contributed by atoms with Crippen LogP contribution in [0.2, 0.25) is 0 Å². The van der Waals surface area contributed by atoms with Gasteiger partial charge in [-0.1, -0.05) is 12.1 Å². The van der Waals surface area contributed by atoms with Crippen molar-refractivity contribution in [1.82, 2.24) is 4.98 Å². The summed E-state index contributed by atoms with van der Waals surface area (Å²) in [6.45, 7) is 5.67. The summed E-state index contributed by atoms with van der Waals surface area (Å²) in [5, 5.41) is 9.15. The number of carbonyl (C=O) groups is 2. The van der Waals surface area contributed by atoms with E-state index in [-0.39, 0.29) is 11.5 Å².